The summed E-state index contributed by atoms with van der Waals surface area (Å²) >= 11 is 0. The molecule has 2 N–H and O–H groups in total. The largest absolute Gasteiger partial charge is 0.383 e. The number of rotatable bonds is 12. The quantitative estimate of drug-likeness (QED) is 0.0990. The minimum atomic E-state index is -1.07. The number of aromatic amines is 1. The Labute approximate surface area is 312 Å². The van der Waals surface area contributed by atoms with E-state index in [1.807, 2.05) is 13.8 Å². The molecule has 1 aromatic carbocycles. The van der Waals surface area contributed by atoms with E-state index >= 15 is 0 Å². The van der Waals surface area contributed by atoms with E-state index in [0.29, 0.717) is 29.7 Å². The van der Waals surface area contributed by atoms with Crippen LogP contribution >= 0.6 is 0 Å². The van der Waals surface area contributed by atoms with Crippen LogP contribution in [0, 0.1) is 66.8 Å². The molecular formula is C44H65F3N4O. The van der Waals surface area contributed by atoms with Crippen molar-refractivity contribution in [2.24, 2.45) is 35.5 Å². The van der Waals surface area contributed by atoms with Crippen molar-refractivity contribution in [2.75, 3.05) is 0 Å². The Bertz CT molecular complexity index is 1500. The highest BCUT2D eigenvalue weighted by atomic mass is 19.2. The van der Waals surface area contributed by atoms with Crippen molar-refractivity contribution in [3.05, 3.63) is 107 Å². The van der Waals surface area contributed by atoms with Gasteiger partial charge < -0.3 is 10.1 Å². The Morgan fingerprint density at radius 2 is 1.77 bits per heavy atom. The van der Waals surface area contributed by atoms with Gasteiger partial charge in [-0.25, -0.2) is 18.2 Å². The van der Waals surface area contributed by atoms with Crippen LogP contribution in [-0.4, -0.2) is 27.5 Å². The number of aryl methyl sites for hydroxylation is 2. The summed E-state index contributed by atoms with van der Waals surface area (Å²) in [5.74, 6) is 2.51. The van der Waals surface area contributed by atoms with E-state index in [1.54, 1.807) is 13.0 Å². The number of halogens is 3. The third-order valence-electron chi connectivity index (χ3n) is 10.6. The number of carbonyl (C=O) groups excluding carboxylic acids is 1. The number of nitrogens with one attached hydrogen (secondary N) is 2. The number of benzene rings is 1. The molecule has 0 aliphatic heterocycles. The van der Waals surface area contributed by atoms with Gasteiger partial charge in [-0.1, -0.05) is 83.6 Å². The first-order valence-corrected chi connectivity index (χ1v) is 19.2. The molecule has 2 saturated carbocycles. The normalized spacial score (nSPS) is 24.7. The van der Waals surface area contributed by atoms with Gasteiger partial charge in [-0.15, -0.1) is 6.58 Å². The molecule has 8 atom stereocenters. The summed E-state index contributed by atoms with van der Waals surface area (Å²) in [6, 6.07) is 1.33. The number of allylic oxidation sites excluding steroid dienone is 7. The molecule has 288 valence electrons. The summed E-state index contributed by atoms with van der Waals surface area (Å²) in [5, 5.41) is 10.9. The van der Waals surface area contributed by atoms with E-state index in [4.69, 9.17) is 0 Å². The van der Waals surface area contributed by atoms with Crippen molar-refractivity contribution >= 4 is 6.29 Å². The molecule has 5 nitrogen and oxygen atoms in total. The minimum Gasteiger partial charge on any atom is -0.383 e. The molecule has 0 amide bonds. The van der Waals surface area contributed by atoms with Crippen LogP contribution in [0.2, 0.25) is 0 Å². The van der Waals surface area contributed by atoms with Crippen LogP contribution in [0.4, 0.5) is 13.2 Å². The number of hydrogen-bond acceptors (Lipinski definition) is 4. The SMILES string of the molecule is C=C(/C=C\C(C)c1n[nH]c(C)n1)NC1CC(C)C(C/C=C(C)/C=C/C2CCCC(C(C)C=O)C2)CC1C.C=CC.CCc1c(F)c(C)cc(F)c1F. The molecule has 0 spiro atoms. The van der Waals surface area contributed by atoms with Crippen molar-refractivity contribution in [1.29, 1.82) is 0 Å². The lowest BCUT2D eigenvalue weighted by atomic mass is 9.71. The van der Waals surface area contributed by atoms with Gasteiger partial charge in [-0.2, -0.15) is 5.10 Å². The van der Waals surface area contributed by atoms with Gasteiger partial charge in [0, 0.05) is 29.1 Å². The van der Waals surface area contributed by atoms with Crippen molar-refractivity contribution in [3.63, 3.8) is 0 Å². The first kappa shape index (κ1) is 44.5. The number of carbonyl (C=O) groups is 1. The number of nitrogens with zero attached hydrogens (tertiary/aromatic N) is 2. The Hall–Kier alpha value is -3.68. The van der Waals surface area contributed by atoms with Crippen LogP contribution < -0.4 is 5.32 Å². The molecule has 2 aliphatic rings. The van der Waals surface area contributed by atoms with Gasteiger partial charge in [0.1, 0.15) is 17.9 Å². The summed E-state index contributed by atoms with van der Waals surface area (Å²) in [5.41, 5.74) is 2.31. The Balaban J connectivity index is 0.000000520. The molecule has 2 aliphatic carbocycles. The average molecular weight is 723 g/mol. The Morgan fingerprint density at radius 3 is 2.38 bits per heavy atom. The summed E-state index contributed by atoms with van der Waals surface area (Å²) in [6.07, 6.45) is 22.9. The van der Waals surface area contributed by atoms with Crippen molar-refractivity contribution < 1.29 is 18.0 Å². The van der Waals surface area contributed by atoms with Crippen LogP contribution in [-0.2, 0) is 11.2 Å². The van der Waals surface area contributed by atoms with Gasteiger partial charge in [0.2, 0.25) is 0 Å². The van der Waals surface area contributed by atoms with Crippen LogP contribution in [0.1, 0.15) is 122 Å². The maximum Gasteiger partial charge on any atom is 0.164 e. The highest BCUT2D eigenvalue weighted by Gasteiger charge is 2.32. The van der Waals surface area contributed by atoms with Crippen molar-refractivity contribution in [3.8, 4) is 0 Å². The van der Waals surface area contributed by atoms with Gasteiger partial charge in [-0.3, -0.25) is 5.10 Å². The molecule has 0 saturated heterocycles. The van der Waals surface area contributed by atoms with E-state index in [-0.39, 0.29) is 29.4 Å². The zero-order valence-electron chi connectivity index (χ0n) is 33.2. The standard InChI is InChI=1S/C32H50N4O.C9H9F3.C3H6/c1-21(11-15-28-9-8-10-29(19-28)25(5)20-37)12-16-30-17-24(4)31(18-23(30)3)33-26(6)14-13-22(2)32-34-27(7)35-36-32;1-3-6-8(11)5(2)4-7(10)9(6)12;1-3-2/h11-15,20,22-25,28-31,33H,6,8-10,16-19H2,1-5,7H3,(H,34,35,36);4H,3H2,1-2H3;3H,1H2,2H3/b14-13-,15-11+,21-12+;;. The van der Waals surface area contributed by atoms with Gasteiger partial charge >= 0.3 is 0 Å². The van der Waals surface area contributed by atoms with Crippen molar-refractivity contribution in [1.82, 2.24) is 20.5 Å². The molecule has 52 heavy (non-hydrogen) atoms. The van der Waals surface area contributed by atoms with Crippen molar-refractivity contribution in [2.45, 2.75) is 126 Å². The van der Waals surface area contributed by atoms with Gasteiger partial charge in [0.25, 0.3) is 0 Å². The summed E-state index contributed by atoms with van der Waals surface area (Å²) in [7, 11) is 0. The molecule has 8 heteroatoms. The zero-order chi connectivity index (χ0) is 39.0. The number of aromatic nitrogens is 3. The van der Waals surface area contributed by atoms with E-state index < -0.39 is 17.5 Å². The molecule has 0 radical (unpaired) electrons. The van der Waals surface area contributed by atoms with Crippen LogP contribution in [0.3, 0.4) is 0 Å². The van der Waals surface area contributed by atoms with E-state index in [1.165, 1.54) is 44.6 Å². The lowest BCUT2D eigenvalue weighted by molar-refractivity contribution is -0.112. The molecule has 1 aromatic heterocycles. The predicted molar refractivity (Wildman–Crippen MR) is 210 cm³/mol. The summed E-state index contributed by atoms with van der Waals surface area (Å²) in [4.78, 5) is 15.6. The molecular weight excluding hydrogens is 658 g/mol. The van der Waals surface area contributed by atoms with E-state index in [0.717, 1.165) is 48.5 Å². The van der Waals surface area contributed by atoms with Crippen LogP contribution in [0.25, 0.3) is 0 Å². The van der Waals surface area contributed by atoms with Crippen LogP contribution in [0.15, 0.2) is 67.0 Å². The molecule has 4 rings (SSSR count). The summed E-state index contributed by atoms with van der Waals surface area (Å²) in [6.45, 7) is 25.6. The Morgan fingerprint density at radius 1 is 1.08 bits per heavy atom. The average Bonchev–Trinajstić information content (AvgIpc) is 3.56. The number of aldehydes is 1. The van der Waals surface area contributed by atoms with Crippen LogP contribution in [0.5, 0.6) is 0 Å². The highest BCUT2D eigenvalue weighted by Crippen LogP contribution is 2.37. The number of H-pyrrole nitrogens is 1. The summed E-state index contributed by atoms with van der Waals surface area (Å²) < 4.78 is 38.5. The molecule has 0 bridgehead atoms. The molecule has 2 aromatic rings. The fourth-order valence-corrected chi connectivity index (χ4v) is 7.25. The Kier molecular flexibility index (Phi) is 19.2. The smallest absolute Gasteiger partial charge is 0.164 e. The third kappa shape index (κ3) is 14.0. The molecule has 2 fully saturated rings. The lowest BCUT2D eigenvalue weighted by Crippen LogP contribution is -2.41. The predicted octanol–water partition coefficient (Wildman–Crippen LogP) is 11.6. The fraction of sp³-hybridized carbons (Fsp3) is 0.568. The third-order valence-corrected chi connectivity index (χ3v) is 10.6. The first-order valence-electron chi connectivity index (χ1n) is 19.2. The highest BCUT2D eigenvalue weighted by molar-refractivity contribution is 5.53. The second-order valence-electron chi connectivity index (χ2n) is 15.2. The topological polar surface area (TPSA) is 70.7 Å². The first-order chi connectivity index (χ1) is 24.6. The monoisotopic (exact) mass is 723 g/mol. The second-order valence-corrected chi connectivity index (χ2v) is 15.2. The fourth-order valence-electron chi connectivity index (χ4n) is 7.25. The van der Waals surface area contributed by atoms with Gasteiger partial charge in [0.05, 0.1) is 0 Å². The van der Waals surface area contributed by atoms with Gasteiger partial charge in [-0.05, 0) is 120 Å². The lowest BCUT2D eigenvalue weighted by Gasteiger charge is -2.39. The maximum absolute atomic E-state index is 13.0. The van der Waals surface area contributed by atoms with Gasteiger partial charge in [0.15, 0.2) is 17.5 Å². The maximum atomic E-state index is 13.0. The molecule has 1 heterocycles. The van der Waals surface area contributed by atoms with E-state index in [9.17, 15) is 18.0 Å². The van der Waals surface area contributed by atoms with E-state index in [2.05, 4.69) is 98.7 Å². The second kappa shape index (κ2) is 22.4. The minimum absolute atomic E-state index is 0.144. The molecule has 8 unspecified atom stereocenters. The number of hydrogen-bond donors (Lipinski definition) is 2. The zero-order valence-corrected chi connectivity index (χ0v) is 33.2.